The van der Waals surface area contributed by atoms with Crippen LogP contribution in [0.3, 0.4) is 0 Å². The number of hydrogen-bond acceptors (Lipinski definition) is 6. The molecule has 0 radical (unpaired) electrons. The summed E-state index contributed by atoms with van der Waals surface area (Å²) >= 11 is 3.21. The summed E-state index contributed by atoms with van der Waals surface area (Å²) in [5, 5.41) is 9.91. The van der Waals surface area contributed by atoms with Crippen LogP contribution in [-0.4, -0.2) is 34.7 Å². The lowest BCUT2D eigenvalue weighted by molar-refractivity contribution is 0.342. The van der Waals surface area contributed by atoms with Gasteiger partial charge in [-0.3, -0.25) is 5.10 Å². The lowest BCUT2D eigenvalue weighted by Gasteiger charge is -2.05. The van der Waals surface area contributed by atoms with Gasteiger partial charge in [-0.2, -0.15) is 0 Å². The molecule has 3 aromatic rings. The van der Waals surface area contributed by atoms with Crippen molar-refractivity contribution < 1.29 is 9.47 Å². The first-order valence-electron chi connectivity index (χ1n) is 6.71. The first kappa shape index (κ1) is 14.9. The molecule has 0 saturated heterocycles. The smallest absolute Gasteiger partial charge is 0.208 e. The molecule has 0 atom stereocenters. The third-order valence-corrected chi connectivity index (χ3v) is 4.55. The number of rotatable bonds is 7. The van der Waals surface area contributed by atoms with Crippen molar-refractivity contribution in [1.82, 2.24) is 15.2 Å². The van der Waals surface area contributed by atoms with Crippen molar-refractivity contribution in [1.29, 1.82) is 0 Å². The number of methoxy groups -OCH3 is 1. The minimum Gasteiger partial charge on any atom is -0.497 e. The average molecular weight is 333 g/mol. The maximum Gasteiger partial charge on any atom is 0.208 e. The minimum absolute atomic E-state index is 0.597. The van der Waals surface area contributed by atoms with Crippen LogP contribution in [-0.2, 0) is 0 Å². The number of ether oxygens (including phenoxy) is 2. The molecule has 7 heteroatoms. The van der Waals surface area contributed by atoms with Gasteiger partial charge >= 0.3 is 0 Å². The molecule has 0 aliphatic heterocycles. The number of nitrogens with zero attached hydrogens (tertiary/aromatic N) is 2. The zero-order valence-electron chi connectivity index (χ0n) is 12.0. The first-order chi connectivity index (χ1) is 10.8. The molecule has 114 valence electrons. The Morgan fingerprint density at radius 2 is 2.00 bits per heavy atom. The van der Waals surface area contributed by atoms with Crippen molar-refractivity contribution in [3.8, 4) is 22.2 Å². The normalized spacial score (nSPS) is 10.6. The molecule has 0 spiro atoms. The molecule has 2 aromatic heterocycles. The van der Waals surface area contributed by atoms with E-state index in [0.29, 0.717) is 6.61 Å². The second kappa shape index (κ2) is 7.33. The van der Waals surface area contributed by atoms with Gasteiger partial charge in [-0.05, 0) is 35.7 Å². The topological polar surface area (TPSA) is 60.0 Å². The summed E-state index contributed by atoms with van der Waals surface area (Å²) in [6, 6.07) is 11.6. The lowest BCUT2D eigenvalue weighted by Crippen LogP contribution is -2.00. The maximum atomic E-state index is 5.67. The SMILES string of the molecule is COc1ccc(OCCSc2n[nH]c(-c3cccs3)n2)cc1. The third kappa shape index (κ3) is 3.80. The van der Waals surface area contributed by atoms with Gasteiger partial charge in [0, 0.05) is 5.75 Å². The quantitative estimate of drug-likeness (QED) is 0.527. The van der Waals surface area contributed by atoms with Crippen molar-refractivity contribution in [2.24, 2.45) is 0 Å². The van der Waals surface area contributed by atoms with Crippen molar-refractivity contribution in [2.45, 2.75) is 5.16 Å². The Labute approximate surface area is 136 Å². The summed E-state index contributed by atoms with van der Waals surface area (Å²) in [5.41, 5.74) is 0. The fourth-order valence-electron chi connectivity index (χ4n) is 1.80. The highest BCUT2D eigenvalue weighted by Crippen LogP contribution is 2.23. The van der Waals surface area contributed by atoms with Crippen LogP contribution >= 0.6 is 23.1 Å². The number of aromatic nitrogens is 3. The number of hydrogen-bond donors (Lipinski definition) is 1. The Morgan fingerprint density at radius 1 is 1.18 bits per heavy atom. The van der Waals surface area contributed by atoms with Crippen molar-refractivity contribution in [3.63, 3.8) is 0 Å². The molecule has 22 heavy (non-hydrogen) atoms. The summed E-state index contributed by atoms with van der Waals surface area (Å²) in [7, 11) is 1.65. The molecule has 1 aromatic carbocycles. The molecule has 0 amide bonds. The molecule has 0 aliphatic carbocycles. The lowest BCUT2D eigenvalue weighted by atomic mass is 10.3. The van der Waals surface area contributed by atoms with Gasteiger partial charge in [0.25, 0.3) is 0 Å². The number of thiophene rings is 1. The molecule has 5 nitrogen and oxygen atoms in total. The molecule has 3 rings (SSSR count). The average Bonchev–Trinajstić information content (AvgIpc) is 3.23. The van der Waals surface area contributed by atoms with E-state index in [-0.39, 0.29) is 0 Å². The highest BCUT2D eigenvalue weighted by atomic mass is 32.2. The van der Waals surface area contributed by atoms with Crippen LogP contribution in [0.2, 0.25) is 0 Å². The number of benzene rings is 1. The van der Waals surface area contributed by atoms with E-state index >= 15 is 0 Å². The third-order valence-electron chi connectivity index (χ3n) is 2.86. The van der Waals surface area contributed by atoms with Gasteiger partial charge in [0.2, 0.25) is 5.16 Å². The molecule has 0 fully saturated rings. The fraction of sp³-hybridized carbons (Fsp3) is 0.200. The van der Waals surface area contributed by atoms with E-state index in [1.807, 2.05) is 41.8 Å². The van der Waals surface area contributed by atoms with E-state index < -0.39 is 0 Å². The van der Waals surface area contributed by atoms with E-state index in [1.165, 1.54) is 0 Å². The Morgan fingerprint density at radius 3 is 2.73 bits per heavy atom. The van der Waals surface area contributed by atoms with Crippen LogP contribution in [0.1, 0.15) is 0 Å². The van der Waals surface area contributed by atoms with Crippen LogP contribution < -0.4 is 9.47 Å². The van der Waals surface area contributed by atoms with Gasteiger partial charge in [-0.25, -0.2) is 4.98 Å². The zero-order chi connectivity index (χ0) is 15.2. The monoisotopic (exact) mass is 333 g/mol. The van der Waals surface area contributed by atoms with Crippen LogP contribution in [0.15, 0.2) is 46.9 Å². The summed E-state index contributed by atoms with van der Waals surface area (Å²) in [6.45, 7) is 0.597. The van der Waals surface area contributed by atoms with Crippen molar-refractivity contribution in [2.75, 3.05) is 19.5 Å². The van der Waals surface area contributed by atoms with E-state index in [2.05, 4.69) is 15.2 Å². The maximum absolute atomic E-state index is 5.67. The second-order valence-corrected chi connectivity index (χ2v) is 6.33. The fourth-order valence-corrected chi connectivity index (χ4v) is 3.08. The van der Waals surface area contributed by atoms with Gasteiger partial charge < -0.3 is 9.47 Å². The highest BCUT2D eigenvalue weighted by Gasteiger charge is 2.06. The highest BCUT2D eigenvalue weighted by molar-refractivity contribution is 7.99. The molecule has 0 bridgehead atoms. The Bertz CT molecular complexity index is 696. The first-order valence-corrected chi connectivity index (χ1v) is 8.57. The molecule has 0 saturated carbocycles. The van der Waals surface area contributed by atoms with Crippen molar-refractivity contribution in [3.05, 3.63) is 41.8 Å². The summed E-state index contributed by atoms with van der Waals surface area (Å²) in [5.74, 6) is 3.25. The number of thioether (sulfide) groups is 1. The van der Waals surface area contributed by atoms with Gasteiger partial charge in [-0.15, -0.1) is 16.4 Å². The van der Waals surface area contributed by atoms with Crippen LogP contribution in [0, 0.1) is 0 Å². The Balaban J connectivity index is 1.45. The van der Waals surface area contributed by atoms with E-state index in [1.54, 1.807) is 30.2 Å². The van der Waals surface area contributed by atoms with E-state index in [4.69, 9.17) is 9.47 Å². The minimum atomic E-state index is 0.597. The van der Waals surface area contributed by atoms with Crippen molar-refractivity contribution >= 4 is 23.1 Å². The molecule has 0 unspecified atom stereocenters. The number of nitrogens with one attached hydrogen (secondary N) is 1. The Kier molecular flexibility index (Phi) is 4.97. The predicted molar refractivity (Wildman–Crippen MR) is 88.9 cm³/mol. The molecule has 1 N–H and O–H groups in total. The largest absolute Gasteiger partial charge is 0.497 e. The summed E-state index contributed by atoms with van der Waals surface area (Å²) in [4.78, 5) is 5.55. The van der Waals surface area contributed by atoms with E-state index in [0.717, 1.165) is 33.1 Å². The number of aromatic amines is 1. The molecule has 2 heterocycles. The Hall–Kier alpha value is -1.99. The van der Waals surface area contributed by atoms with Gasteiger partial charge in [0.05, 0.1) is 18.6 Å². The van der Waals surface area contributed by atoms with E-state index in [9.17, 15) is 0 Å². The molecule has 0 aliphatic rings. The van der Waals surface area contributed by atoms with Gasteiger partial charge in [0.1, 0.15) is 11.5 Å². The number of H-pyrrole nitrogens is 1. The van der Waals surface area contributed by atoms with Crippen LogP contribution in [0.4, 0.5) is 0 Å². The van der Waals surface area contributed by atoms with Crippen LogP contribution in [0.25, 0.3) is 10.7 Å². The summed E-state index contributed by atoms with van der Waals surface area (Å²) < 4.78 is 10.8. The van der Waals surface area contributed by atoms with Gasteiger partial charge in [-0.1, -0.05) is 17.8 Å². The molecular formula is C15H15N3O2S2. The van der Waals surface area contributed by atoms with Gasteiger partial charge in [0.15, 0.2) is 5.82 Å². The predicted octanol–water partition coefficient (Wildman–Crippen LogP) is 3.71. The standard InChI is InChI=1S/C15H15N3O2S2/c1-19-11-4-6-12(7-5-11)20-8-10-22-15-16-14(17-18-15)13-3-2-9-21-13/h2-7,9H,8,10H2,1H3,(H,16,17,18). The zero-order valence-corrected chi connectivity index (χ0v) is 13.6. The summed E-state index contributed by atoms with van der Waals surface area (Å²) in [6.07, 6.45) is 0. The van der Waals surface area contributed by atoms with Crippen LogP contribution in [0.5, 0.6) is 11.5 Å². The second-order valence-electron chi connectivity index (χ2n) is 4.32. The molecular weight excluding hydrogens is 318 g/mol.